The number of para-hydroxylation sites is 1. The third-order valence-electron chi connectivity index (χ3n) is 5.60. The van der Waals surface area contributed by atoms with Gasteiger partial charge in [0.05, 0.1) is 40.6 Å². The molecule has 1 saturated heterocycles. The van der Waals surface area contributed by atoms with E-state index in [2.05, 4.69) is 26.6 Å². The number of benzene rings is 2. The van der Waals surface area contributed by atoms with Gasteiger partial charge in [-0.15, -0.1) is 0 Å². The van der Waals surface area contributed by atoms with E-state index in [0.717, 1.165) is 60.6 Å². The Kier molecular flexibility index (Phi) is 9.01. The zero-order valence-electron chi connectivity index (χ0n) is 19.4. The summed E-state index contributed by atoms with van der Waals surface area (Å²) in [5, 5.41) is 6.86. The number of nitrogens with one attached hydrogen (secondary N) is 2. The summed E-state index contributed by atoms with van der Waals surface area (Å²) in [6.07, 6.45) is 0. The molecule has 3 rings (SSSR count). The number of morpholine rings is 1. The molecule has 1 heterocycles. The van der Waals surface area contributed by atoms with Gasteiger partial charge < -0.3 is 29.6 Å². The molecule has 1 fully saturated rings. The molecule has 1 atom stereocenters. The lowest BCUT2D eigenvalue weighted by atomic mass is 10.0. The van der Waals surface area contributed by atoms with Crippen molar-refractivity contribution in [2.75, 3.05) is 61.2 Å². The first-order valence-corrected chi connectivity index (χ1v) is 10.8. The molecule has 2 aromatic rings. The molecule has 0 bridgehead atoms. The molecule has 1 aliphatic rings. The third kappa shape index (κ3) is 6.05. The molecular weight excluding hydrogens is 408 g/mol. The molecule has 174 valence electrons. The molecule has 2 N–H and O–H groups in total. The lowest BCUT2D eigenvalue weighted by molar-refractivity contribution is 0.0169. The molecule has 32 heavy (non-hydrogen) atoms. The molecule has 8 nitrogen and oxygen atoms in total. The van der Waals surface area contributed by atoms with Crippen molar-refractivity contribution in [2.24, 2.45) is 4.99 Å². The highest BCUT2D eigenvalue weighted by molar-refractivity contribution is 5.79. The minimum absolute atomic E-state index is 0.128. The maximum absolute atomic E-state index is 5.57. The summed E-state index contributed by atoms with van der Waals surface area (Å²) >= 11 is 0. The van der Waals surface area contributed by atoms with Gasteiger partial charge in [0.1, 0.15) is 5.75 Å². The summed E-state index contributed by atoms with van der Waals surface area (Å²) in [6.45, 7) is 4.49. The van der Waals surface area contributed by atoms with E-state index < -0.39 is 0 Å². The van der Waals surface area contributed by atoms with Crippen molar-refractivity contribution in [1.29, 1.82) is 0 Å². The van der Waals surface area contributed by atoms with Gasteiger partial charge in [-0.2, -0.15) is 0 Å². The molecular formula is C24H34N4O4. The van der Waals surface area contributed by atoms with Gasteiger partial charge >= 0.3 is 0 Å². The van der Waals surface area contributed by atoms with E-state index in [1.165, 1.54) is 0 Å². The number of guanidine groups is 1. The molecule has 0 aromatic heterocycles. The Bertz CT molecular complexity index is 884. The number of aliphatic imine (C=N–C) groups is 1. The van der Waals surface area contributed by atoms with Crippen LogP contribution in [-0.2, 0) is 11.3 Å². The predicted octanol–water partition coefficient (Wildman–Crippen LogP) is 2.45. The summed E-state index contributed by atoms with van der Waals surface area (Å²) < 4.78 is 22.0. The zero-order chi connectivity index (χ0) is 22.8. The maximum Gasteiger partial charge on any atom is 0.191 e. The molecule has 0 aliphatic carbocycles. The van der Waals surface area contributed by atoms with E-state index in [1.54, 1.807) is 28.4 Å². The lowest BCUT2D eigenvalue weighted by Gasteiger charge is -2.35. The van der Waals surface area contributed by atoms with Crippen molar-refractivity contribution in [3.63, 3.8) is 0 Å². The minimum atomic E-state index is 0.128. The summed E-state index contributed by atoms with van der Waals surface area (Å²) in [5.74, 6) is 3.03. The van der Waals surface area contributed by atoms with Gasteiger partial charge in [0.2, 0.25) is 0 Å². The number of ether oxygens (including phenoxy) is 4. The Balaban J connectivity index is 1.71. The van der Waals surface area contributed by atoms with Gasteiger partial charge in [-0.05, 0) is 23.8 Å². The zero-order valence-corrected chi connectivity index (χ0v) is 19.4. The second kappa shape index (κ2) is 12.2. The van der Waals surface area contributed by atoms with Crippen molar-refractivity contribution in [3.05, 3.63) is 53.6 Å². The molecule has 0 radical (unpaired) electrons. The van der Waals surface area contributed by atoms with Gasteiger partial charge in [0, 0.05) is 38.8 Å². The topological polar surface area (TPSA) is 76.6 Å². The lowest BCUT2D eigenvalue weighted by Crippen LogP contribution is -2.46. The molecule has 0 amide bonds. The normalized spacial score (nSPS) is 15.7. The summed E-state index contributed by atoms with van der Waals surface area (Å²) in [4.78, 5) is 6.82. The van der Waals surface area contributed by atoms with Crippen molar-refractivity contribution in [2.45, 2.75) is 12.6 Å². The van der Waals surface area contributed by atoms with Crippen LogP contribution >= 0.6 is 0 Å². The predicted molar refractivity (Wildman–Crippen MR) is 126 cm³/mol. The third-order valence-corrected chi connectivity index (χ3v) is 5.60. The van der Waals surface area contributed by atoms with Crippen LogP contribution in [0.25, 0.3) is 0 Å². The Morgan fingerprint density at radius 2 is 1.69 bits per heavy atom. The molecule has 2 aromatic carbocycles. The molecule has 8 heteroatoms. The largest absolute Gasteiger partial charge is 0.496 e. The fourth-order valence-electron chi connectivity index (χ4n) is 3.85. The van der Waals surface area contributed by atoms with Gasteiger partial charge in [0.15, 0.2) is 17.5 Å². The average Bonchev–Trinajstić information content (AvgIpc) is 2.86. The Labute approximate surface area is 190 Å². The van der Waals surface area contributed by atoms with Crippen LogP contribution in [0.4, 0.5) is 0 Å². The van der Waals surface area contributed by atoms with Crippen LogP contribution in [0.5, 0.6) is 17.2 Å². The number of rotatable bonds is 9. The van der Waals surface area contributed by atoms with E-state index in [0.29, 0.717) is 13.1 Å². The van der Waals surface area contributed by atoms with E-state index in [4.69, 9.17) is 18.9 Å². The smallest absolute Gasteiger partial charge is 0.191 e. The van der Waals surface area contributed by atoms with E-state index in [9.17, 15) is 0 Å². The van der Waals surface area contributed by atoms with Gasteiger partial charge in [-0.25, -0.2) is 0 Å². The molecule has 0 saturated carbocycles. The number of nitrogens with zero attached hydrogens (tertiary/aromatic N) is 2. The maximum atomic E-state index is 5.57. The van der Waals surface area contributed by atoms with E-state index in [1.807, 2.05) is 36.4 Å². The van der Waals surface area contributed by atoms with Crippen molar-refractivity contribution in [1.82, 2.24) is 15.5 Å². The average molecular weight is 443 g/mol. The fraction of sp³-hybridized carbons (Fsp3) is 0.458. The number of hydrogen-bond donors (Lipinski definition) is 2. The second-order valence-corrected chi connectivity index (χ2v) is 7.40. The first kappa shape index (κ1) is 23.7. The standard InChI is InChI=1S/C24H34N4O4/c1-25-24(26-16-19-7-5-6-8-21(19)29-2)27-17-20(28-11-13-32-14-12-28)18-9-10-22(30-3)23(15-18)31-4/h5-10,15,20H,11-14,16-17H2,1-4H3,(H2,25,26,27). The monoisotopic (exact) mass is 442 g/mol. The van der Waals surface area contributed by atoms with Crippen molar-refractivity contribution in [3.8, 4) is 17.2 Å². The van der Waals surface area contributed by atoms with Crippen LogP contribution < -0.4 is 24.8 Å². The van der Waals surface area contributed by atoms with Crippen LogP contribution in [0.15, 0.2) is 47.5 Å². The highest BCUT2D eigenvalue weighted by atomic mass is 16.5. The Morgan fingerprint density at radius 1 is 0.969 bits per heavy atom. The second-order valence-electron chi connectivity index (χ2n) is 7.40. The van der Waals surface area contributed by atoms with Crippen LogP contribution in [0, 0.1) is 0 Å². The Hall–Kier alpha value is -2.97. The first-order chi connectivity index (χ1) is 15.7. The molecule has 1 unspecified atom stereocenters. The highest BCUT2D eigenvalue weighted by Crippen LogP contribution is 2.32. The summed E-state index contributed by atoms with van der Waals surface area (Å²) in [7, 11) is 6.77. The quantitative estimate of drug-likeness (QED) is 0.456. The highest BCUT2D eigenvalue weighted by Gasteiger charge is 2.24. The summed E-state index contributed by atoms with van der Waals surface area (Å²) in [6, 6.07) is 14.2. The fourth-order valence-corrected chi connectivity index (χ4v) is 3.85. The van der Waals surface area contributed by atoms with Gasteiger partial charge in [-0.3, -0.25) is 9.89 Å². The number of hydrogen-bond acceptors (Lipinski definition) is 6. The van der Waals surface area contributed by atoms with Crippen LogP contribution in [0.3, 0.4) is 0 Å². The Morgan fingerprint density at radius 3 is 2.38 bits per heavy atom. The van der Waals surface area contributed by atoms with Crippen molar-refractivity contribution < 1.29 is 18.9 Å². The van der Waals surface area contributed by atoms with Gasteiger partial charge in [0.25, 0.3) is 0 Å². The van der Waals surface area contributed by atoms with Gasteiger partial charge in [-0.1, -0.05) is 24.3 Å². The first-order valence-electron chi connectivity index (χ1n) is 10.8. The number of methoxy groups -OCH3 is 3. The SMILES string of the molecule is CN=C(NCc1ccccc1OC)NCC(c1ccc(OC)c(OC)c1)N1CCOCC1. The van der Waals surface area contributed by atoms with Crippen molar-refractivity contribution >= 4 is 5.96 Å². The van der Waals surface area contributed by atoms with E-state index >= 15 is 0 Å². The minimum Gasteiger partial charge on any atom is -0.496 e. The van der Waals surface area contributed by atoms with Crippen LogP contribution in [-0.4, -0.2) is 72.1 Å². The summed E-state index contributed by atoms with van der Waals surface area (Å²) in [5.41, 5.74) is 2.22. The molecule has 1 aliphatic heterocycles. The molecule has 0 spiro atoms. The van der Waals surface area contributed by atoms with Crippen LogP contribution in [0.2, 0.25) is 0 Å². The van der Waals surface area contributed by atoms with E-state index in [-0.39, 0.29) is 6.04 Å². The van der Waals surface area contributed by atoms with Crippen LogP contribution in [0.1, 0.15) is 17.2 Å².